The quantitative estimate of drug-likeness (QED) is 0.790. The summed E-state index contributed by atoms with van der Waals surface area (Å²) >= 11 is 0. The number of hydrogen-bond donors (Lipinski definition) is 1. The Balaban J connectivity index is 1.53. The topological polar surface area (TPSA) is 95.5 Å². The van der Waals surface area contributed by atoms with E-state index in [2.05, 4.69) is 35.5 Å². The first-order valence-electron chi connectivity index (χ1n) is 9.57. The van der Waals surface area contributed by atoms with Gasteiger partial charge in [-0.25, -0.2) is 23.1 Å². The van der Waals surface area contributed by atoms with E-state index < -0.39 is 10.0 Å². The molecular formula is C20H27N5O3S. The number of piperazine rings is 1. The molecule has 2 heterocycles. The van der Waals surface area contributed by atoms with E-state index in [1.54, 1.807) is 47.6 Å². The van der Waals surface area contributed by atoms with Crippen LogP contribution >= 0.6 is 0 Å². The molecule has 0 atom stereocenters. The Kier molecular flexibility index (Phi) is 6.18. The first-order valence-corrected chi connectivity index (χ1v) is 11.0. The van der Waals surface area contributed by atoms with E-state index in [1.165, 1.54) is 0 Å². The highest BCUT2D eigenvalue weighted by Crippen LogP contribution is 2.23. The van der Waals surface area contributed by atoms with Gasteiger partial charge in [-0.3, -0.25) is 4.79 Å². The summed E-state index contributed by atoms with van der Waals surface area (Å²) in [5, 5.41) is 0. The minimum atomic E-state index is -3.74. The first kappa shape index (κ1) is 21.2. The number of rotatable bonds is 5. The minimum absolute atomic E-state index is 0.0569. The summed E-state index contributed by atoms with van der Waals surface area (Å²) in [6.07, 6.45) is 3.37. The summed E-state index contributed by atoms with van der Waals surface area (Å²) in [4.78, 5) is 24.7. The van der Waals surface area contributed by atoms with Gasteiger partial charge in [0, 0.05) is 38.6 Å². The van der Waals surface area contributed by atoms with Gasteiger partial charge in [0.2, 0.25) is 21.9 Å². The van der Waals surface area contributed by atoms with Crippen molar-refractivity contribution in [2.24, 2.45) is 0 Å². The van der Waals surface area contributed by atoms with Gasteiger partial charge < -0.3 is 9.80 Å². The normalized spacial score (nSPS) is 15.4. The number of nitrogens with zero attached hydrogens (tertiary/aromatic N) is 4. The fourth-order valence-electron chi connectivity index (χ4n) is 3.10. The van der Waals surface area contributed by atoms with Crippen LogP contribution in [-0.4, -0.2) is 61.9 Å². The van der Waals surface area contributed by atoms with Gasteiger partial charge in [-0.1, -0.05) is 32.9 Å². The van der Waals surface area contributed by atoms with Crippen LogP contribution in [0.4, 0.5) is 5.95 Å². The van der Waals surface area contributed by atoms with E-state index in [1.807, 2.05) is 4.90 Å². The number of hydrogen-bond acceptors (Lipinski definition) is 6. The lowest BCUT2D eigenvalue weighted by molar-refractivity contribution is -0.130. The molecule has 1 aliphatic rings. The van der Waals surface area contributed by atoms with Crippen molar-refractivity contribution in [3.05, 3.63) is 48.3 Å². The fraction of sp³-hybridized carbons (Fsp3) is 0.450. The number of carbonyl (C=O) groups is 1. The monoisotopic (exact) mass is 417 g/mol. The van der Waals surface area contributed by atoms with Crippen LogP contribution < -0.4 is 9.62 Å². The SMILES string of the molecule is CC(C)(C)c1ccc(S(=O)(=O)NCC(=O)N2CCN(c3ncccn3)CC2)cc1. The van der Waals surface area contributed by atoms with Gasteiger partial charge in [0.15, 0.2) is 0 Å². The molecule has 0 bridgehead atoms. The number of carbonyl (C=O) groups excluding carboxylic acids is 1. The summed E-state index contributed by atoms with van der Waals surface area (Å²) in [6, 6.07) is 8.52. The molecule has 0 aliphatic carbocycles. The van der Waals surface area contributed by atoms with Crippen molar-refractivity contribution in [1.82, 2.24) is 19.6 Å². The molecule has 0 radical (unpaired) electrons. The molecule has 1 N–H and O–H groups in total. The molecule has 1 amide bonds. The van der Waals surface area contributed by atoms with Gasteiger partial charge in [0.1, 0.15) is 0 Å². The molecule has 1 aliphatic heterocycles. The predicted molar refractivity (Wildman–Crippen MR) is 111 cm³/mol. The highest BCUT2D eigenvalue weighted by Gasteiger charge is 2.24. The van der Waals surface area contributed by atoms with Gasteiger partial charge in [-0.15, -0.1) is 0 Å². The molecule has 1 aromatic heterocycles. The lowest BCUT2D eigenvalue weighted by atomic mass is 9.87. The van der Waals surface area contributed by atoms with Crippen molar-refractivity contribution in [1.29, 1.82) is 0 Å². The second kappa shape index (κ2) is 8.46. The molecule has 1 saturated heterocycles. The van der Waals surface area contributed by atoms with Crippen molar-refractivity contribution >= 4 is 21.9 Å². The number of sulfonamides is 1. The Hall–Kier alpha value is -2.52. The highest BCUT2D eigenvalue weighted by atomic mass is 32.2. The van der Waals surface area contributed by atoms with Crippen molar-refractivity contribution in [3.8, 4) is 0 Å². The molecule has 3 rings (SSSR count). The third kappa shape index (κ3) is 5.30. The molecule has 2 aromatic rings. The Bertz CT molecular complexity index is 932. The zero-order chi connectivity index (χ0) is 21.1. The molecule has 0 unspecified atom stereocenters. The van der Waals surface area contributed by atoms with E-state index in [0.717, 1.165) is 5.56 Å². The fourth-order valence-corrected chi connectivity index (χ4v) is 4.07. The van der Waals surface area contributed by atoms with Crippen molar-refractivity contribution in [2.75, 3.05) is 37.6 Å². The van der Waals surface area contributed by atoms with Crippen molar-refractivity contribution in [3.63, 3.8) is 0 Å². The summed E-state index contributed by atoms with van der Waals surface area (Å²) in [5.74, 6) is 0.396. The van der Waals surface area contributed by atoms with E-state index in [4.69, 9.17) is 0 Å². The van der Waals surface area contributed by atoms with Crippen LogP contribution in [0.1, 0.15) is 26.3 Å². The molecule has 29 heavy (non-hydrogen) atoms. The molecule has 8 nitrogen and oxygen atoms in total. The number of nitrogens with one attached hydrogen (secondary N) is 1. The molecule has 0 saturated carbocycles. The second-order valence-corrected chi connectivity index (χ2v) is 9.78. The first-order chi connectivity index (χ1) is 13.7. The lowest BCUT2D eigenvalue weighted by Crippen LogP contribution is -2.51. The van der Waals surface area contributed by atoms with Gasteiger partial charge in [-0.05, 0) is 29.2 Å². The maximum Gasteiger partial charge on any atom is 0.241 e. The second-order valence-electron chi connectivity index (χ2n) is 8.02. The van der Waals surface area contributed by atoms with Crippen molar-refractivity contribution in [2.45, 2.75) is 31.1 Å². The number of aromatic nitrogens is 2. The minimum Gasteiger partial charge on any atom is -0.338 e. The van der Waals surface area contributed by atoms with Crippen LogP contribution in [0.25, 0.3) is 0 Å². The zero-order valence-electron chi connectivity index (χ0n) is 17.0. The highest BCUT2D eigenvalue weighted by molar-refractivity contribution is 7.89. The number of anilines is 1. The smallest absolute Gasteiger partial charge is 0.241 e. The maximum atomic E-state index is 12.5. The third-order valence-corrected chi connectivity index (χ3v) is 6.33. The van der Waals surface area contributed by atoms with E-state index in [9.17, 15) is 13.2 Å². The number of amides is 1. The molecule has 1 fully saturated rings. The summed E-state index contributed by atoms with van der Waals surface area (Å²) in [5.41, 5.74) is 0.992. The predicted octanol–water partition coefficient (Wildman–Crippen LogP) is 1.40. The zero-order valence-corrected chi connectivity index (χ0v) is 17.8. The Morgan fingerprint density at radius 3 is 2.17 bits per heavy atom. The Morgan fingerprint density at radius 2 is 1.62 bits per heavy atom. The molecular weight excluding hydrogens is 390 g/mol. The molecule has 9 heteroatoms. The van der Waals surface area contributed by atoms with E-state index in [-0.39, 0.29) is 22.8 Å². The summed E-state index contributed by atoms with van der Waals surface area (Å²) in [6.45, 7) is 8.15. The third-order valence-electron chi connectivity index (χ3n) is 4.91. The lowest BCUT2D eigenvalue weighted by Gasteiger charge is -2.34. The van der Waals surface area contributed by atoms with Gasteiger partial charge >= 0.3 is 0 Å². The van der Waals surface area contributed by atoms with E-state index in [0.29, 0.717) is 32.1 Å². The van der Waals surface area contributed by atoms with Crippen LogP contribution in [-0.2, 0) is 20.2 Å². The number of benzene rings is 1. The van der Waals surface area contributed by atoms with Crippen LogP contribution in [0, 0.1) is 0 Å². The molecule has 1 aromatic carbocycles. The Labute approximate surface area is 172 Å². The summed E-state index contributed by atoms with van der Waals surface area (Å²) in [7, 11) is -3.74. The van der Waals surface area contributed by atoms with Crippen LogP contribution in [0.5, 0.6) is 0 Å². The maximum absolute atomic E-state index is 12.5. The van der Waals surface area contributed by atoms with Crippen LogP contribution in [0.2, 0.25) is 0 Å². The standard InChI is InChI=1S/C20H27N5O3S/c1-20(2,3)16-5-7-17(8-6-16)29(27,28)23-15-18(26)24-11-13-25(14-12-24)19-21-9-4-10-22-19/h4-10,23H,11-15H2,1-3H3. The van der Waals surface area contributed by atoms with Crippen LogP contribution in [0.3, 0.4) is 0 Å². The van der Waals surface area contributed by atoms with Gasteiger partial charge in [0.25, 0.3) is 0 Å². The van der Waals surface area contributed by atoms with Gasteiger partial charge in [0.05, 0.1) is 11.4 Å². The summed E-state index contributed by atoms with van der Waals surface area (Å²) < 4.78 is 27.4. The van der Waals surface area contributed by atoms with Gasteiger partial charge in [-0.2, -0.15) is 0 Å². The largest absolute Gasteiger partial charge is 0.338 e. The van der Waals surface area contributed by atoms with E-state index >= 15 is 0 Å². The average Bonchev–Trinajstić information content (AvgIpc) is 2.72. The molecule has 0 spiro atoms. The van der Waals surface area contributed by atoms with Crippen molar-refractivity contribution < 1.29 is 13.2 Å². The molecule has 156 valence electrons. The Morgan fingerprint density at radius 1 is 1.03 bits per heavy atom. The van der Waals surface area contributed by atoms with Crippen LogP contribution in [0.15, 0.2) is 47.6 Å². The average molecular weight is 418 g/mol.